The zero-order valence-corrected chi connectivity index (χ0v) is 15.6. The van der Waals surface area contributed by atoms with E-state index in [0.29, 0.717) is 11.4 Å². The molecule has 0 aliphatic carbocycles. The van der Waals surface area contributed by atoms with E-state index in [2.05, 4.69) is 25.5 Å². The van der Waals surface area contributed by atoms with E-state index in [9.17, 15) is 13.2 Å². The van der Waals surface area contributed by atoms with E-state index in [1.807, 2.05) is 13.0 Å². The highest BCUT2D eigenvalue weighted by Crippen LogP contribution is 2.16. The van der Waals surface area contributed by atoms with E-state index < -0.39 is 15.9 Å². The van der Waals surface area contributed by atoms with E-state index in [4.69, 9.17) is 4.74 Å². The molecule has 140 valence electrons. The Morgan fingerprint density at radius 1 is 1.23 bits per heavy atom. The Labute approximate surface area is 152 Å². The fourth-order valence-corrected chi connectivity index (χ4v) is 3.44. The van der Waals surface area contributed by atoms with Gasteiger partial charge < -0.3 is 4.74 Å². The van der Waals surface area contributed by atoms with Crippen LogP contribution in [-0.2, 0) is 14.8 Å². The molecule has 1 aromatic heterocycles. The van der Waals surface area contributed by atoms with Crippen molar-refractivity contribution < 1.29 is 17.9 Å². The van der Waals surface area contributed by atoms with Gasteiger partial charge in [-0.3, -0.25) is 15.6 Å². The Morgan fingerprint density at radius 3 is 2.73 bits per heavy atom. The summed E-state index contributed by atoms with van der Waals surface area (Å²) in [6, 6.07) is 6.75. The number of carbonyl (C=O) groups excluding carboxylic acids is 1. The molecule has 0 aliphatic rings. The maximum atomic E-state index is 12.3. The van der Waals surface area contributed by atoms with Gasteiger partial charge in [0.15, 0.2) is 0 Å². The normalized spacial score (nSPS) is 11.0. The number of aromatic nitrogens is 2. The topological polar surface area (TPSA) is 122 Å². The molecule has 1 heterocycles. The Hall–Kier alpha value is -2.72. The van der Waals surface area contributed by atoms with Crippen LogP contribution in [0, 0.1) is 13.8 Å². The predicted octanol–water partition coefficient (Wildman–Crippen LogP) is 0.914. The first-order valence-corrected chi connectivity index (χ1v) is 9.29. The minimum absolute atomic E-state index is 0.0395. The number of nitrogens with zero attached hydrogens (tertiary/aromatic N) is 2. The Morgan fingerprint density at radius 2 is 2.00 bits per heavy atom. The van der Waals surface area contributed by atoms with E-state index in [-0.39, 0.29) is 23.8 Å². The second-order valence-corrected chi connectivity index (χ2v) is 7.25. The molecular formula is C16H21N5O4S. The van der Waals surface area contributed by atoms with Crippen molar-refractivity contribution >= 4 is 21.9 Å². The first-order chi connectivity index (χ1) is 12.3. The number of hydrazine groups is 1. The van der Waals surface area contributed by atoms with Crippen LogP contribution >= 0.6 is 0 Å². The second-order valence-electron chi connectivity index (χ2n) is 5.51. The van der Waals surface area contributed by atoms with Crippen LogP contribution in [0.2, 0.25) is 0 Å². The molecule has 26 heavy (non-hydrogen) atoms. The van der Waals surface area contributed by atoms with Crippen LogP contribution in [0.25, 0.3) is 0 Å². The fourth-order valence-electron chi connectivity index (χ4n) is 2.08. The molecule has 0 radical (unpaired) electrons. The Balaban J connectivity index is 1.84. The van der Waals surface area contributed by atoms with Crippen molar-refractivity contribution in [3.63, 3.8) is 0 Å². The molecule has 0 bridgehead atoms. The Kier molecular flexibility index (Phi) is 6.47. The highest BCUT2D eigenvalue weighted by molar-refractivity contribution is 7.89. The van der Waals surface area contributed by atoms with Crippen LogP contribution in [-0.4, -0.2) is 37.9 Å². The van der Waals surface area contributed by atoms with Crippen molar-refractivity contribution in [3.8, 4) is 5.88 Å². The maximum Gasteiger partial charge on any atom is 0.245 e. The maximum absolute atomic E-state index is 12.3. The van der Waals surface area contributed by atoms with Gasteiger partial charge in [0.2, 0.25) is 27.8 Å². The molecule has 2 rings (SSSR count). The molecule has 0 unspecified atom stereocenters. The van der Waals surface area contributed by atoms with Crippen LogP contribution in [0.5, 0.6) is 5.88 Å². The SMILES string of the molecule is COc1ccnc(NNC(=O)CCNS(=O)(=O)c2cc(C)ccc2C)n1. The number of rotatable bonds is 8. The monoisotopic (exact) mass is 379 g/mol. The van der Waals surface area contributed by atoms with Crippen LogP contribution in [0.3, 0.4) is 0 Å². The number of ether oxygens (including phenoxy) is 1. The highest BCUT2D eigenvalue weighted by Gasteiger charge is 2.17. The summed E-state index contributed by atoms with van der Waals surface area (Å²) in [5.74, 6) is 0.0896. The number of hydrogen-bond acceptors (Lipinski definition) is 7. The third-order valence-electron chi connectivity index (χ3n) is 3.43. The summed E-state index contributed by atoms with van der Waals surface area (Å²) < 4.78 is 32.1. The smallest absolute Gasteiger partial charge is 0.245 e. The van der Waals surface area contributed by atoms with Gasteiger partial charge in [0.05, 0.1) is 12.0 Å². The molecule has 1 amide bonds. The molecule has 0 aliphatic heterocycles. The second kappa shape index (κ2) is 8.59. The highest BCUT2D eigenvalue weighted by atomic mass is 32.2. The summed E-state index contributed by atoms with van der Waals surface area (Å²) >= 11 is 0. The summed E-state index contributed by atoms with van der Waals surface area (Å²) in [4.78, 5) is 19.9. The first-order valence-electron chi connectivity index (χ1n) is 7.80. The summed E-state index contributed by atoms with van der Waals surface area (Å²) in [7, 11) is -2.21. The average molecular weight is 379 g/mol. The number of amides is 1. The quantitative estimate of drug-likeness (QED) is 0.583. The molecule has 0 fully saturated rings. The molecule has 0 spiro atoms. The van der Waals surface area contributed by atoms with Gasteiger partial charge in [0, 0.05) is 25.2 Å². The van der Waals surface area contributed by atoms with Crippen LogP contribution in [0.4, 0.5) is 5.95 Å². The van der Waals surface area contributed by atoms with Gasteiger partial charge in [-0.1, -0.05) is 12.1 Å². The van der Waals surface area contributed by atoms with Crippen molar-refractivity contribution in [2.45, 2.75) is 25.2 Å². The molecule has 0 saturated carbocycles. The van der Waals surface area contributed by atoms with Crippen LogP contribution in [0.15, 0.2) is 35.4 Å². The van der Waals surface area contributed by atoms with Gasteiger partial charge in [-0.15, -0.1) is 0 Å². The lowest BCUT2D eigenvalue weighted by Gasteiger charge is -2.11. The van der Waals surface area contributed by atoms with Gasteiger partial charge in [0.1, 0.15) is 0 Å². The molecule has 0 saturated heterocycles. The standard InChI is InChI=1S/C16H21N5O4S/c1-11-4-5-12(2)13(10-11)26(23,24)18-9-6-14(22)20-21-16-17-8-7-15(19-16)25-3/h4-5,7-8,10,18H,6,9H2,1-3H3,(H,20,22)(H,17,19,21). The summed E-state index contributed by atoms with van der Waals surface area (Å²) in [6.45, 7) is 3.50. The number of carbonyl (C=O) groups is 1. The van der Waals surface area contributed by atoms with Crippen LogP contribution in [0.1, 0.15) is 17.5 Å². The number of aryl methyl sites for hydroxylation is 2. The molecule has 3 N–H and O–H groups in total. The van der Waals surface area contributed by atoms with Gasteiger partial charge in [-0.05, 0) is 31.0 Å². The molecule has 9 nitrogen and oxygen atoms in total. The predicted molar refractivity (Wildman–Crippen MR) is 96.1 cm³/mol. The van der Waals surface area contributed by atoms with Crippen molar-refractivity contribution in [1.82, 2.24) is 20.1 Å². The molecule has 1 aromatic carbocycles. The zero-order chi connectivity index (χ0) is 19.2. The van der Waals surface area contributed by atoms with Crippen LogP contribution < -0.4 is 20.3 Å². The average Bonchev–Trinajstić information content (AvgIpc) is 2.62. The van der Waals surface area contributed by atoms with E-state index in [0.717, 1.165) is 5.56 Å². The van der Waals surface area contributed by atoms with Crippen molar-refractivity contribution in [1.29, 1.82) is 0 Å². The molecule has 10 heteroatoms. The minimum atomic E-state index is -3.68. The lowest BCUT2D eigenvalue weighted by Crippen LogP contribution is -2.34. The molecule has 0 atom stereocenters. The number of sulfonamides is 1. The number of hydrogen-bond donors (Lipinski definition) is 3. The van der Waals surface area contributed by atoms with E-state index >= 15 is 0 Å². The summed E-state index contributed by atoms with van der Waals surface area (Å²) in [5, 5.41) is 0. The first kappa shape index (κ1) is 19.6. The lowest BCUT2D eigenvalue weighted by atomic mass is 10.2. The van der Waals surface area contributed by atoms with Crippen molar-refractivity contribution in [3.05, 3.63) is 41.6 Å². The summed E-state index contributed by atoms with van der Waals surface area (Å²) in [6.07, 6.45) is 1.42. The summed E-state index contributed by atoms with van der Waals surface area (Å²) in [5.41, 5.74) is 6.42. The van der Waals surface area contributed by atoms with E-state index in [1.165, 1.54) is 13.3 Å². The number of nitrogens with one attached hydrogen (secondary N) is 3. The van der Waals surface area contributed by atoms with Gasteiger partial charge in [-0.2, -0.15) is 4.98 Å². The third-order valence-corrected chi connectivity index (χ3v) is 5.03. The Bertz CT molecular complexity index is 886. The fraction of sp³-hybridized carbons (Fsp3) is 0.312. The van der Waals surface area contributed by atoms with Gasteiger partial charge in [0.25, 0.3) is 0 Å². The largest absolute Gasteiger partial charge is 0.481 e. The lowest BCUT2D eigenvalue weighted by molar-refractivity contribution is -0.120. The number of anilines is 1. The van der Waals surface area contributed by atoms with Gasteiger partial charge >= 0.3 is 0 Å². The van der Waals surface area contributed by atoms with Crippen molar-refractivity contribution in [2.24, 2.45) is 0 Å². The third kappa shape index (κ3) is 5.39. The number of methoxy groups -OCH3 is 1. The number of benzene rings is 1. The van der Waals surface area contributed by atoms with Gasteiger partial charge in [-0.25, -0.2) is 18.1 Å². The zero-order valence-electron chi connectivity index (χ0n) is 14.7. The van der Waals surface area contributed by atoms with Crippen molar-refractivity contribution in [2.75, 3.05) is 19.1 Å². The molecular weight excluding hydrogens is 358 g/mol. The molecule has 2 aromatic rings. The minimum Gasteiger partial charge on any atom is -0.481 e. The van der Waals surface area contributed by atoms with E-state index in [1.54, 1.807) is 25.1 Å².